The summed E-state index contributed by atoms with van der Waals surface area (Å²) in [6.45, 7) is 4.01. The number of para-hydroxylation sites is 1. The average Bonchev–Trinajstić information content (AvgIpc) is 2.60. The zero-order valence-corrected chi connectivity index (χ0v) is 7.73. The molecule has 0 N–H and O–H groups in total. The first-order valence-corrected chi connectivity index (χ1v) is 4.26. The third-order valence-corrected chi connectivity index (χ3v) is 2.10. The van der Waals surface area contributed by atoms with Gasteiger partial charge in [-0.3, -0.25) is 0 Å². The van der Waals surface area contributed by atoms with Gasteiger partial charge in [0.1, 0.15) is 5.52 Å². The highest BCUT2D eigenvalue weighted by molar-refractivity contribution is 5.77. The lowest BCUT2D eigenvalue weighted by Gasteiger charge is -1.99. The van der Waals surface area contributed by atoms with Crippen LogP contribution in [0.3, 0.4) is 0 Å². The van der Waals surface area contributed by atoms with E-state index in [4.69, 9.17) is 0 Å². The fraction of sp³-hybridized carbons (Fsp3) is 0.200. The predicted molar refractivity (Wildman–Crippen MR) is 53.1 cm³/mol. The van der Waals surface area contributed by atoms with Crippen molar-refractivity contribution in [2.75, 3.05) is 0 Å². The lowest BCUT2D eigenvalue weighted by molar-refractivity contribution is 0.834. The van der Waals surface area contributed by atoms with E-state index >= 15 is 0 Å². The molecule has 0 unspecified atom stereocenters. The first-order chi connectivity index (χ1) is 6.33. The average molecular weight is 173 g/mol. The molecule has 0 radical (unpaired) electrons. The number of allylic oxidation sites excluding steroid dienone is 2. The van der Waals surface area contributed by atoms with E-state index < -0.39 is 0 Å². The number of benzene rings is 1. The first-order valence-electron chi connectivity index (χ1n) is 4.26. The van der Waals surface area contributed by atoms with Crippen LogP contribution >= 0.6 is 0 Å². The molecule has 0 aliphatic carbocycles. The lowest BCUT2D eigenvalue weighted by Crippen LogP contribution is -1.95. The van der Waals surface area contributed by atoms with Crippen molar-refractivity contribution >= 4 is 16.7 Å². The highest BCUT2D eigenvalue weighted by atomic mass is 15.4. The maximum Gasteiger partial charge on any atom is 0.113 e. The number of hydrogen-bond acceptors (Lipinski definition) is 2. The van der Waals surface area contributed by atoms with Gasteiger partial charge < -0.3 is 0 Å². The summed E-state index contributed by atoms with van der Waals surface area (Å²) < 4.78 is 1.84. The van der Waals surface area contributed by atoms with Crippen LogP contribution in [-0.4, -0.2) is 15.0 Å². The van der Waals surface area contributed by atoms with Gasteiger partial charge in [0.2, 0.25) is 0 Å². The Morgan fingerprint density at radius 3 is 2.92 bits per heavy atom. The summed E-state index contributed by atoms with van der Waals surface area (Å²) in [5.74, 6) is 0. The van der Waals surface area contributed by atoms with Crippen molar-refractivity contribution in [1.29, 1.82) is 0 Å². The van der Waals surface area contributed by atoms with Gasteiger partial charge >= 0.3 is 0 Å². The summed E-state index contributed by atoms with van der Waals surface area (Å²) >= 11 is 0. The maximum atomic E-state index is 4.06. The molecule has 0 bridgehead atoms. The van der Waals surface area contributed by atoms with Gasteiger partial charge in [0.25, 0.3) is 0 Å². The second-order valence-corrected chi connectivity index (χ2v) is 2.92. The van der Waals surface area contributed by atoms with Crippen LogP contribution in [-0.2, 0) is 0 Å². The van der Waals surface area contributed by atoms with Crippen LogP contribution < -0.4 is 0 Å². The molecule has 66 valence electrons. The van der Waals surface area contributed by atoms with E-state index in [1.54, 1.807) is 0 Å². The number of rotatable bonds is 1. The second-order valence-electron chi connectivity index (χ2n) is 2.92. The van der Waals surface area contributed by atoms with Crippen molar-refractivity contribution in [2.45, 2.75) is 13.8 Å². The molecule has 0 amide bonds. The minimum absolute atomic E-state index is 0.934. The zero-order chi connectivity index (χ0) is 9.26. The molecule has 0 atom stereocenters. The molecule has 3 heteroatoms. The number of aromatic nitrogens is 3. The predicted octanol–water partition coefficient (Wildman–Crippen LogP) is 2.31. The Hall–Kier alpha value is -1.64. The van der Waals surface area contributed by atoms with Gasteiger partial charge in [-0.25, -0.2) is 4.68 Å². The molecule has 2 aromatic rings. The van der Waals surface area contributed by atoms with Crippen LogP contribution in [0.25, 0.3) is 16.7 Å². The Labute approximate surface area is 76.7 Å². The molecule has 13 heavy (non-hydrogen) atoms. The normalized spacial score (nSPS) is 12.3. The van der Waals surface area contributed by atoms with Crippen LogP contribution in [0.2, 0.25) is 0 Å². The van der Waals surface area contributed by atoms with Gasteiger partial charge in [0, 0.05) is 5.70 Å². The molecule has 0 fully saturated rings. The quantitative estimate of drug-likeness (QED) is 0.662. The lowest BCUT2D eigenvalue weighted by atomic mass is 10.3. The van der Waals surface area contributed by atoms with Gasteiger partial charge in [-0.15, -0.1) is 5.10 Å². The van der Waals surface area contributed by atoms with Gasteiger partial charge in [-0.1, -0.05) is 23.4 Å². The van der Waals surface area contributed by atoms with E-state index in [-0.39, 0.29) is 0 Å². The minimum atomic E-state index is 0.934. The molecule has 0 aliphatic heterocycles. The first kappa shape index (κ1) is 7.98. The minimum Gasteiger partial charge on any atom is -0.218 e. The smallest absolute Gasteiger partial charge is 0.113 e. The van der Waals surface area contributed by atoms with Crippen molar-refractivity contribution in [3.05, 3.63) is 30.3 Å². The van der Waals surface area contributed by atoms with Crippen molar-refractivity contribution in [2.24, 2.45) is 0 Å². The standard InChI is InChI=1S/C10H11N3/c1-3-8(2)13-10-7-5-4-6-9(10)11-12-13/h3-7H,1-2H3/b8-3+. The van der Waals surface area contributed by atoms with E-state index in [9.17, 15) is 0 Å². The van der Waals surface area contributed by atoms with Crippen molar-refractivity contribution in [3.63, 3.8) is 0 Å². The Bertz CT molecular complexity index is 454. The number of hydrogen-bond donors (Lipinski definition) is 0. The third-order valence-electron chi connectivity index (χ3n) is 2.10. The molecule has 0 saturated heterocycles. The summed E-state index contributed by atoms with van der Waals surface area (Å²) in [4.78, 5) is 0. The topological polar surface area (TPSA) is 30.7 Å². The Kier molecular flexibility index (Phi) is 1.85. The molecule has 0 saturated carbocycles. The molecule has 1 aromatic carbocycles. The van der Waals surface area contributed by atoms with Crippen LogP contribution in [0, 0.1) is 0 Å². The molecular weight excluding hydrogens is 162 g/mol. The molecule has 1 aromatic heterocycles. The highest BCUT2D eigenvalue weighted by Crippen LogP contribution is 2.13. The summed E-state index contributed by atoms with van der Waals surface area (Å²) in [6.07, 6.45) is 2.02. The van der Waals surface area contributed by atoms with Crippen LogP contribution in [0.1, 0.15) is 13.8 Å². The second kappa shape index (κ2) is 3.01. The number of nitrogens with zero attached hydrogens (tertiary/aromatic N) is 3. The zero-order valence-electron chi connectivity index (χ0n) is 7.73. The van der Waals surface area contributed by atoms with Gasteiger partial charge in [0.05, 0.1) is 5.52 Å². The Morgan fingerprint density at radius 2 is 2.15 bits per heavy atom. The maximum absolute atomic E-state index is 4.06. The molecule has 2 rings (SSSR count). The molecule has 1 heterocycles. The van der Waals surface area contributed by atoms with Gasteiger partial charge in [0.15, 0.2) is 0 Å². The van der Waals surface area contributed by atoms with E-state index in [1.165, 1.54) is 0 Å². The Morgan fingerprint density at radius 1 is 1.38 bits per heavy atom. The third kappa shape index (κ3) is 1.22. The van der Waals surface area contributed by atoms with Crippen LogP contribution in [0.5, 0.6) is 0 Å². The molecule has 3 nitrogen and oxygen atoms in total. The number of fused-ring (bicyclic) bond motifs is 1. The van der Waals surface area contributed by atoms with Crippen molar-refractivity contribution in [1.82, 2.24) is 15.0 Å². The summed E-state index contributed by atoms with van der Waals surface area (Å²) in [5.41, 5.74) is 3.08. The van der Waals surface area contributed by atoms with E-state index in [1.807, 2.05) is 48.9 Å². The SMILES string of the molecule is C/C=C(\C)n1nnc2ccccc21. The largest absolute Gasteiger partial charge is 0.218 e. The highest BCUT2D eigenvalue weighted by Gasteiger charge is 2.02. The van der Waals surface area contributed by atoms with Gasteiger partial charge in [-0.2, -0.15) is 0 Å². The van der Waals surface area contributed by atoms with Crippen molar-refractivity contribution < 1.29 is 0 Å². The van der Waals surface area contributed by atoms with Crippen LogP contribution in [0.4, 0.5) is 0 Å². The van der Waals surface area contributed by atoms with Gasteiger partial charge in [-0.05, 0) is 26.0 Å². The fourth-order valence-corrected chi connectivity index (χ4v) is 1.25. The fourth-order valence-electron chi connectivity index (χ4n) is 1.25. The summed E-state index contributed by atoms with van der Waals surface area (Å²) in [6, 6.07) is 7.93. The Balaban J connectivity index is 2.71. The molecule has 0 aliphatic rings. The van der Waals surface area contributed by atoms with Crippen molar-refractivity contribution in [3.8, 4) is 0 Å². The molecular formula is C10H11N3. The summed E-state index contributed by atoms with van der Waals surface area (Å²) in [7, 11) is 0. The molecule has 0 spiro atoms. The van der Waals surface area contributed by atoms with E-state index in [2.05, 4.69) is 10.3 Å². The monoisotopic (exact) mass is 173 g/mol. The summed E-state index contributed by atoms with van der Waals surface area (Å²) in [5, 5.41) is 8.12. The van der Waals surface area contributed by atoms with E-state index in [0.29, 0.717) is 0 Å². The van der Waals surface area contributed by atoms with Crippen LogP contribution in [0.15, 0.2) is 30.3 Å². The van der Waals surface area contributed by atoms with E-state index in [0.717, 1.165) is 16.7 Å².